The molecule has 5 aliphatic heterocycles. The van der Waals surface area contributed by atoms with Crippen molar-refractivity contribution < 1.29 is 92.0 Å². The number of fused-ring (bicyclic) bond motifs is 8. The van der Waals surface area contributed by atoms with Crippen molar-refractivity contribution in [1.29, 1.82) is 0 Å². The second-order valence-corrected chi connectivity index (χ2v) is 29.9. The highest BCUT2D eigenvalue weighted by atomic mass is 33.1. The molecule has 2 aromatic carbocycles. The Balaban J connectivity index is 1.36. The highest BCUT2D eigenvalue weighted by Crippen LogP contribution is 2.29. The Morgan fingerprint density at radius 3 is 1.53 bits per heavy atom. The Bertz CT molecular complexity index is 3540. The van der Waals surface area contributed by atoms with E-state index in [1.165, 1.54) is 39.0 Å². The summed E-state index contributed by atoms with van der Waals surface area (Å²) in [5.74, 6) is -18.4. The zero-order valence-electron chi connectivity index (χ0n) is 60.0. The topological polar surface area (TPSA) is 502 Å². The number of aliphatic hydroxyl groups is 1. The van der Waals surface area contributed by atoms with Crippen molar-refractivity contribution in [2.75, 3.05) is 44.3 Å². The number of hydrogen-bond donors (Lipinski definition) is 15. The lowest BCUT2D eigenvalue weighted by molar-refractivity contribution is -0.149. The molecule has 2 bridgehead atoms. The maximum atomic E-state index is 15.3. The number of carboxylic acid groups (broad SMARTS) is 1. The third-order valence-electron chi connectivity index (χ3n) is 19.6. The molecule has 5 heterocycles. The number of aliphatic carboxylic acids is 1. The Kier molecular flexibility index (Phi) is 31.8. The summed E-state index contributed by atoms with van der Waals surface area (Å²) in [5.41, 5.74) is 6.53. The first-order chi connectivity index (χ1) is 50.5. The lowest BCUT2D eigenvalue weighted by atomic mass is 9.96. The van der Waals surface area contributed by atoms with Gasteiger partial charge in [0.1, 0.15) is 84.3 Å². The fourth-order valence-electron chi connectivity index (χ4n) is 13.2. The molecule has 16 N–H and O–H groups in total. The fraction of sp³-hybridized carbons (Fsp3) is 0.600. The van der Waals surface area contributed by atoms with Crippen molar-refractivity contribution in [3.63, 3.8) is 0 Å². The molecule has 580 valence electrons. The molecule has 7 rings (SSSR count). The van der Waals surface area contributed by atoms with E-state index in [-0.39, 0.29) is 76.8 Å². The normalized spacial score (nSPS) is 28.1. The summed E-state index contributed by atoms with van der Waals surface area (Å²) >= 11 is 0. The number of carboxylic acids is 1. The SMILES string of the molecule is CCCC[C@@H]1NC(=O)CNC(=O)[C@H](CC(=O)O)NC(=O)[C@@H]2CCCN2C(=O)[C@H](Cc2ccccc2)NC(=O)[C@@H]2CSSC[C@H](NC1=O)C(=O)N[C@@H](CC(N)=O)C(=O)N[C@@H](Cc1ccc(O)cc1)C(=O)N[C@@H](CO)C(=O)N[C@@H]([C@@H](C)CC)C(=O)N1CCC[C@H]1C(=O)N1CCC[C@H]1C(=O)N[C@@H]([C@@H](C)CC)C(=O)N2. The Labute approximate surface area is 621 Å². The molecule has 0 aliphatic carbocycles. The Morgan fingerprint density at radius 1 is 0.491 bits per heavy atom. The van der Waals surface area contributed by atoms with Gasteiger partial charge in [0.05, 0.1) is 26.0 Å². The summed E-state index contributed by atoms with van der Waals surface area (Å²) in [4.78, 5) is 235. The second-order valence-electron chi connectivity index (χ2n) is 27.3. The van der Waals surface area contributed by atoms with Crippen LogP contribution in [0.2, 0.25) is 0 Å². The van der Waals surface area contributed by atoms with Gasteiger partial charge in [0.2, 0.25) is 88.6 Å². The van der Waals surface area contributed by atoms with Crippen LogP contribution in [0.15, 0.2) is 54.6 Å². The number of phenols is 1. The molecular weight excluding hydrogens is 1420 g/mol. The Morgan fingerprint density at radius 2 is 0.953 bits per heavy atom. The minimum atomic E-state index is -1.97. The number of carbonyl (C=O) groups excluding carboxylic acids is 15. The van der Waals surface area contributed by atoms with Crippen molar-refractivity contribution in [1.82, 2.24) is 73.2 Å². The predicted octanol–water partition coefficient (Wildman–Crippen LogP) is -2.85. The lowest BCUT2D eigenvalue weighted by Crippen LogP contribution is -2.62. The number of benzene rings is 2. The molecule has 36 heteroatoms. The third-order valence-corrected chi connectivity index (χ3v) is 22.0. The summed E-state index contributed by atoms with van der Waals surface area (Å²) < 4.78 is 0. The molecule has 5 fully saturated rings. The lowest BCUT2D eigenvalue weighted by Gasteiger charge is -2.35. The highest BCUT2D eigenvalue weighted by Gasteiger charge is 2.47. The second kappa shape index (κ2) is 40.2. The van der Waals surface area contributed by atoms with Crippen LogP contribution in [0, 0.1) is 11.8 Å². The summed E-state index contributed by atoms with van der Waals surface area (Å²) in [5, 5.41) is 59.0. The maximum Gasteiger partial charge on any atom is 0.305 e. The number of rotatable bonds is 16. The number of primary amides is 1. The number of phenolic OH excluding ortho intramolecular Hbond substituents is 1. The fourth-order valence-corrected chi connectivity index (χ4v) is 15.5. The molecule has 0 saturated carbocycles. The van der Waals surface area contributed by atoms with Crippen LogP contribution in [0.25, 0.3) is 0 Å². The van der Waals surface area contributed by atoms with Crippen LogP contribution < -0.4 is 64.2 Å². The number of nitrogens with zero attached hydrogens (tertiary/aromatic N) is 3. The van der Waals surface area contributed by atoms with Gasteiger partial charge in [-0.25, -0.2) is 0 Å². The van der Waals surface area contributed by atoms with E-state index >= 15 is 19.2 Å². The van der Waals surface area contributed by atoms with Crippen LogP contribution in [-0.4, -0.2) is 247 Å². The first-order valence-electron chi connectivity index (χ1n) is 35.9. The van der Waals surface area contributed by atoms with E-state index in [0.29, 0.717) is 36.8 Å². The zero-order valence-corrected chi connectivity index (χ0v) is 61.7. The van der Waals surface area contributed by atoms with Crippen LogP contribution in [0.4, 0.5) is 0 Å². The molecule has 0 unspecified atom stereocenters. The van der Waals surface area contributed by atoms with Gasteiger partial charge in [0.15, 0.2) is 0 Å². The predicted molar refractivity (Wildman–Crippen MR) is 385 cm³/mol. The highest BCUT2D eigenvalue weighted by molar-refractivity contribution is 8.76. The molecule has 5 aliphatic rings. The molecule has 0 radical (unpaired) electrons. The van der Waals surface area contributed by atoms with E-state index < -0.39 is 229 Å². The monoisotopic (exact) mass is 1520 g/mol. The molecule has 106 heavy (non-hydrogen) atoms. The van der Waals surface area contributed by atoms with Gasteiger partial charge in [0.25, 0.3) is 0 Å². The van der Waals surface area contributed by atoms with Gasteiger partial charge in [-0.1, -0.05) is 124 Å². The third kappa shape index (κ3) is 23.2. The minimum Gasteiger partial charge on any atom is -0.508 e. The van der Waals surface area contributed by atoms with E-state index in [4.69, 9.17) is 5.73 Å². The van der Waals surface area contributed by atoms with Crippen LogP contribution in [0.5, 0.6) is 5.75 Å². The van der Waals surface area contributed by atoms with Crippen LogP contribution >= 0.6 is 21.6 Å². The van der Waals surface area contributed by atoms with Crippen molar-refractivity contribution in [3.05, 3.63) is 65.7 Å². The van der Waals surface area contributed by atoms with Crippen molar-refractivity contribution in [3.8, 4) is 5.75 Å². The first-order valence-corrected chi connectivity index (χ1v) is 38.4. The number of amides is 15. The molecule has 15 atom stereocenters. The largest absolute Gasteiger partial charge is 0.508 e. The van der Waals surface area contributed by atoms with E-state index in [9.17, 15) is 72.9 Å². The average molecular weight is 1520 g/mol. The van der Waals surface area contributed by atoms with Crippen molar-refractivity contribution >= 4 is 116 Å². The minimum absolute atomic E-state index is 0.0286. The summed E-state index contributed by atoms with van der Waals surface area (Å²) in [6.45, 7) is 6.75. The molecular formula is C70H99N15O19S2. The molecule has 2 aromatic rings. The van der Waals surface area contributed by atoms with Crippen molar-refractivity contribution in [2.24, 2.45) is 17.6 Å². The van der Waals surface area contributed by atoms with Crippen LogP contribution in [-0.2, 0) is 89.6 Å². The van der Waals surface area contributed by atoms with Crippen molar-refractivity contribution in [2.45, 2.75) is 209 Å². The van der Waals surface area contributed by atoms with Gasteiger partial charge >= 0.3 is 5.97 Å². The molecule has 0 aromatic heterocycles. The van der Waals surface area contributed by atoms with Gasteiger partial charge in [-0.3, -0.25) is 76.7 Å². The van der Waals surface area contributed by atoms with Crippen LogP contribution in [0.3, 0.4) is 0 Å². The maximum absolute atomic E-state index is 15.3. The van der Waals surface area contributed by atoms with E-state index in [0.717, 1.165) is 21.6 Å². The molecule has 5 saturated heterocycles. The summed E-state index contributed by atoms with van der Waals surface area (Å²) in [7, 11) is 1.69. The number of nitrogens with one attached hydrogen (secondary N) is 11. The number of aliphatic hydroxyl groups excluding tert-OH is 1. The Hall–Kier alpha value is -9.58. The first kappa shape index (κ1) is 83.7. The quantitative estimate of drug-likeness (QED) is 0.0752. The molecule has 15 amide bonds. The summed E-state index contributed by atoms with van der Waals surface area (Å²) in [6, 6.07) is -6.37. The van der Waals surface area contributed by atoms with Crippen LogP contribution in [0.1, 0.15) is 129 Å². The van der Waals surface area contributed by atoms with E-state index in [2.05, 4.69) is 58.5 Å². The van der Waals surface area contributed by atoms with Gasteiger partial charge in [-0.15, -0.1) is 0 Å². The van der Waals surface area contributed by atoms with E-state index in [1.807, 2.05) is 0 Å². The molecule has 34 nitrogen and oxygen atoms in total. The van der Waals surface area contributed by atoms with Gasteiger partial charge in [-0.2, -0.15) is 0 Å². The smallest absolute Gasteiger partial charge is 0.305 e. The number of carbonyl (C=O) groups is 16. The van der Waals surface area contributed by atoms with E-state index in [1.54, 1.807) is 65.0 Å². The number of nitrogens with two attached hydrogens (primary N) is 1. The van der Waals surface area contributed by atoms with Gasteiger partial charge in [-0.05, 0) is 80.0 Å². The number of aromatic hydroxyl groups is 1. The number of hydrogen-bond acceptors (Lipinski definition) is 20. The van der Waals surface area contributed by atoms with Gasteiger partial charge < -0.3 is 94.2 Å². The molecule has 0 spiro atoms. The zero-order chi connectivity index (χ0) is 77.5. The average Bonchev–Trinajstić information content (AvgIpc) is 1.64. The standard InChI is InChI=1S/C70H99N15O19S2/c1-6-9-18-42-59(93)79-48-35-105-106-36-49(64(98)77-46(30-39-16-11-10-12-17-39)68(102)83-26-13-19-50(83)65(99)76-45(32-55(90)91)58(92)72-33-54(89)73-42)80-67(101)56(37(4)7-2)81-66(100)51-20-14-27-84(51)69(103)52-21-15-28-85(52)70(104)57(38(5)8-3)82-62(96)47(34-86)78-60(94)43(29-40-22-24-41(87)25-23-40)74-61(95)44(31-53(71)88)75-63(48)97/h10-12,16-17,22-25,37-38,42-52,56-57,86-87H,6-9,13-15,18-21,26-36H2,1-5H3,(H2,71,88)(H,72,92)(H,73,89)(H,74,95)(H,75,97)(H,76,99)(H,77,98)(H,78,94)(H,79,93)(H,80,101)(H,81,100)(H,82,96)(H,90,91)/t37-,38-,42-,43-,44-,45-,46-,47-,48-,49-,50-,51-,52-,56-,57-/m0/s1. The van der Waals surface area contributed by atoms with Gasteiger partial charge in [0, 0.05) is 44.0 Å². The summed E-state index contributed by atoms with van der Waals surface area (Å²) in [6.07, 6.45) is -0.0889. The number of unbranched alkanes of at least 4 members (excludes halogenated alkanes) is 1.